The third-order valence-electron chi connectivity index (χ3n) is 3.14. The van der Waals surface area contributed by atoms with Gasteiger partial charge in [-0.2, -0.15) is 0 Å². The van der Waals surface area contributed by atoms with E-state index in [1.807, 2.05) is 0 Å². The third-order valence-corrected chi connectivity index (χ3v) is 3.43. The summed E-state index contributed by atoms with van der Waals surface area (Å²) >= 11 is 5.75. The van der Waals surface area contributed by atoms with Gasteiger partial charge in [-0.1, -0.05) is 11.6 Å². The van der Waals surface area contributed by atoms with Gasteiger partial charge < -0.3 is 15.2 Å². The quantitative estimate of drug-likeness (QED) is 0.887. The number of hydrogen-bond acceptors (Lipinski definition) is 3. The number of hydrogen-bond donors (Lipinski definition) is 2. The Morgan fingerprint density at radius 3 is 2.89 bits per heavy atom. The molecule has 1 aromatic carbocycles. The summed E-state index contributed by atoms with van der Waals surface area (Å²) in [5.41, 5.74) is 0.300. The average Bonchev–Trinajstić information content (AvgIpc) is 2.81. The molecule has 1 saturated heterocycles. The van der Waals surface area contributed by atoms with Crippen LogP contribution in [-0.4, -0.2) is 24.7 Å². The summed E-state index contributed by atoms with van der Waals surface area (Å²) in [6.07, 6.45) is 0.322. The van der Waals surface area contributed by atoms with E-state index >= 15 is 0 Å². The average molecular weight is 274 g/mol. The highest BCUT2D eigenvalue weighted by Crippen LogP contribution is 2.37. The number of benzene rings is 1. The summed E-state index contributed by atoms with van der Waals surface area (Å²) in [4.78, 5) is 10.9. The second kappa shape index (κ2) is 5.12. The smallest absolute Gasteiger partial charge is 0.307 e. The molecule has 0 aliphatic carbocycles. The molecule has 1 heterocycles. The van der Waals surface area contributed by atoms with E-state index in [4.69, 9.17) is 21.4 Å². The summed E-state index contributed by atoms with van der Waals surface area (Å²) in [5.74, 6) is -1.58. The first-order valence-corrected chi connectivity index (χ1v) is 5.90. The molecule has 2 atom stereocenters. The molecule has 1 aliphatic heterocycles. The molecule has 0 bridgehead atoms. The first-order chi connectivity index (χ1) is 8.54. The highest BCUT2D eigenvalue weighted by atomic mass is 35.5. The zero-order valence-corrected chi connectivity index (χ0v) is 10.5. The number of aliphatic carboxylic acids is 1. The van der Waals surface area contributed by atoms with E-state index in [-0.39, 0.29) is 11.1 Å². The summed E-state index contributed by atoms with van der Waals surface area (Å²) in [5, 5.41) is 11.9. The lowest BCUT2D eigenvalue weighted by Crippen LogP contribution is -2.18. The van der Waals surface area contributed by atoms with Crippen LogP contribution in [-0.2, 0) is 4.79 Å². The van der Waals surface area contributed by atoms with Gasteiger partial charge >= 0.3 is 5.97 Å². The molecule has 2 unspecified atom stereocenters. The number of methoxy groups -OCH3 is 1. The van der Waals surface area contributed by atoms with Gasteiger partial charge in [0, 0.05) is 18.2 Å². The first-order valence-electron chi connectivity index (χ1n) is 5.52. The van der Waals surface area contributed by atoms with Crippen molar-refractivity contribution in [1.29, 1.82) is 0 Å². The van der Waals surface area contributed by atoms with Crippen molar-refractivity contribution in [2.45, 2.75) is 12.5 Å². The minimum atomic E-state index is -0.883. The van der Waals surface area contributed by atoms with Gasteiger partial charge in [-0.25, -0.2) is 4.39 Å². The molecule has 0 aromatic heterocycles. The van der Waals surface area contributed by atoms with Gasteiger partial charge in [-0.15, -0.1) is 0 Å². The second-order valence-corrected chi connectivity index (χ2v) is 4.62. The van der Waals surface area contributed by atoms with Gasteiger partial charge in [0.1, 0.15) is 11.6 Å². The Balaban J connectivity index is 2.34. The van der Waals surface area contributed by atoms with E-state index in [2.05, 4.69) is 5.32 Å². The Hall–Kier alpha value is -1.33. The molecule has 0 spiro atoms. The van der Waals surface area contributed by atoms with Gasteiger partial charge in [0.05, 0.1) is 18.1 Å². The lowest BCUT2D eigenvalue weighted by molar-refractivity contribution is -0.141. The lowest BCUT2D eigenvalue weighted by atomic mass is 9.99. The number of halogens is 2. The Labute approximate surface area is 109 Å². The number of rotatable bonds is 3. The molecule has 6 heteroatoms. The Morgan fingerprint density at radius 1 is 1.61 bits per heavy atom. The maximum absolute atomic E-state index is 14.0. The normalized spacial score (nSPS) is 23.1. The fourth-order valence-electron chi connectivity index (χ4n) is 2.20. The van der Waals surface area contributed by atoms with Crippen molar-refractivity contribution in [2.75, 3.05) is 13.7 Å². The van der Waals surface area contributed by atoms with Gasteiger partial charge in [0.25, 0.3) is 0 Å². The number of carbonyl (C=O) groups is 1. The van der Waals surface area contributed by atoms with Gasteiger partial charge in [0.2, 0.25) is 0 Å². The standard InChI is InChI=1S/C12H13ClFNO3/c1-18-9-3-2-7(13)11(14)10(9)8-4-6(5-15-8)12(16)17/h2-3,6,8,15H,4-5H2,1H3,(H,16,17). The van der Waals surface area contributed by atoms with Crippen LogP contribution in [0.15, 0.2) is 12.1 Å². The topological polar surface area (TPSA) is 58.6 Å². The van der Waals surface area contributed by atoms with Crippen LogP contribution in [0.4, 0.5) is 4.39 Å². The largest absolute Gasteiger partial charge is 0.496 e. The number of nitrogens with one attached hydrogen (secondary N) is 1. The molecular formula is C12H13ClFNO3. The molecule has 98 valence electrons. The van der Waals surface area contributed by atoms with E-state index < -0.39 is 17.7 Å². The molecule has 0 saturated carbocycles. The minimum absolute atomic E-state index is 0.00590. The summed E-state index contributed by atoms with van der Waals surface area (Å²) < 4.78 is 19.1. The maximum atomic E-state index is 14.0. The van der Waals surface area contributed by atoms with E-state index in [1.54, 1.807) is 6.07 Å². The van der Waals surface area contributed by atoms with Crippen LogP contribution in [0.5, 0.6) is 5.75 Å². The second-order valence-electron chi connectivity index (χ2n) is 4.21. The van der Waals surface area contributed by atoms with Crippen molar-refractivity contribution in [2.24, 2.45) is 5.92 Å². The van der Waals surface area contributed by atoms with Crippen LogP contribution in [0, 0.1) is 11.7 Å². The monoisotopic (exact) mass is 273 g/mol. The van der Waals surface area contributed by atoms with Crippen molar-refractivity contribution in [3.63, 3.8) is 0 Å². The fraction of sp³-hybridized carbons (Fsp3) is 0.417. The predicted octanol–water partition coefficient (Wildman–Crippen LogP) is 2.22. The van der Waals surface area contributed by atoms with Gasteiger partial charge in [0.15, 0.2) is 0 Å². The Morgan fingerprint density at radius 2 is 2.33 bits per heavy atom. The number of carboxylic acids is 1. The minimum Gasteiger partial charge on any atom is -0.496 e. The van der Waals surface area contributed by atoms with E-state index in [9.17, 15) is 9.18 Å². The zero-order valence-electron chi connectivity index (χ0n) is 9.74. The Bertz CT molecular complexity index is 481. The van der Waals surface area contributed by atoms with Crippen molar-refractivity contribution in [3.8, 4) is 5.75 Å². The summed E-state index contributed by atoms with van der Waals surface area (Å²) in [6.45, 7) is 0.315. The highest BCUT2D eigenvalue weighted by molar-refractivity contribution is 6.30. The van der Waals surface area contributed by atoms with E-state index in [0.717, 1.165) is 0 Å². The molecule has 2 rings (SSSR count). The maximum Gasteiger partial charge on any atom is 0.307 e. The predicted molar refractivity (Wildman–Crippen MR) is 64.4 cm³/mol. The summed E-state index contributed by atoms with van der Waals surface area (Å²) in [7, 11) is 1.44. The van der Waals surface area contributed by atoms with Crippen LogP contribution in [0.2, 0.25) is 5.02 Å². The molecular weight excluding hydrogens is 261 g/mol. The SMILES string of the molecule is COc1ccc(Cl)c(F)c1C1CC(C(=O)O)CN1. The Kier molecular flexibility index (Phi) is 3.73. The summed E-state index contributed by atoms with van der Waals surface area (Å²) in [6, 6.07) is 2.61. The molecule has 1 aliphatic rings. The molecule has 1 fully saturated rings. The molecule has 4 nitrogen and oxygen atoms in total. The van der Waals surface area contributed by atoms with Crippen LogP contribution < -0.4 is 10.1 Å². The molecule has 0 radical (unpaired) electrons. The lowest BCUT2D eigenvalue weighted by Gasteiger charge is -2.16. The van der Waals surface area contributed by atoms with Gasteiger partial charge in [-0.3, -0.25) is 4.79 Å². The van der Waals surface area contributed by atoms with Crippen molar-refractivity contribution >= 4 is 17.6 Å². The van der Waals surface area contributed by atoms with Crippen molar-refractivity contribution in [1.82, 2.24) is 5.32 Å². The van der Waals surface area contributed by atoms with Crippen LogP contribution >= 0.6 is 11.6 Å². The highest BCUT2D eigenvalue weighted by Gasteiger charge is 2.33. The number of ether oxygens (including phenoxy) is 1. The van der Waals surface area contributed by atoms with Crippen molar-refractivity contribution in [3.05, 3.63) is 28.5 Å². The molecule has 2 N–H and O–H groups in total. The first kappa shape index (κ1) is 13.1. The van der Waals surface area contributed by atoms with E-state index in [1.165, 1.54) is 13.2 Å². The van der Waals surface area contributed by atoms with E-state index in [0.29, 0.717) is 24.3 Å². The fourth-order valence-corrected chi connectivity index (χ4v) is 2.36. The third kappa shape index (κ3) is 2.28. The molecule has 0 amide bonds. The zero-order chi connectivity index (χ0) is 13.3. The molecule has 1 aromatic rings. The van der Waals surface area contributed by atoms with Crippen LogP contribution in [0.25, 0.3) is 0 Å². The van der Waals surface area contributed by atoms with Crippen LogP contribution in [0.1, 0.15) is 18.0 Å². The number of carboxylic acid groups (broad SMARTS) is 1. The van der Waals surface area contributed by atoms with Crippen molar-refractivity contribution < 1.29 is 19.0 Å². The van der Waals surface area contributed by atoms with Crippen LogP contribution in [0.3, 0.4) is 0 Å². The van der Waals surface area contributed by atoms with Gasteiger partial charge in [-0.05, 0) is 18.6 Å². The molecule has 18 heavy (non-hydrogen) atoms.